The van der Waals surface area contributed by atoms with Crippen molar-refractivity contribution in [3.63, 3.8) is 0 Å². The van der Waals surface area contributed by atoms with E-state index in [-0.39, 0.29) is 12.0 Å². The summed E-state index contributed by atoms with van der Waals surface area (Å²) in [5, 5.41) is 0. The van der Waals surface area contributed by atoms with Crippen molar-refractivity contribution >= 4 is 0 Å². The monoisotopic (exact) mass is 255 g/mol. The zero-order valence-corrected chi connectivity index (χ0v) is 11.1. The molecule has 0 amide bonds. The van der Waals surface area contributed by atoms with Crippen molar-refractivity contribution < 1.29 is 4.74 Å². The van der Waals surface area contributed by atoms with Crippen molar-refractivity contribution in [3.8, 4) is 5.75 Å². The van der Waals surface area contributed by atoms with Crippen molar-refractivity contribution in [3.05, 3.63) is 53.1 Å². The van der Waals surface area contributed by atoms with Crippen LogP contribution in [0.4, 0.5) is 0 Å². The Kier molecular flexibility index (Phi) is 2.95. The number of aromatic nitrogens is 2. The summed E-state index contributed by atoms with van der Waals surface area (Å²) in [6, 6.07) is 8.01. The van der Waals surface area contributed by atoms with E-state index in [9.17, 15) is 0 Å². The fraction of sp³-hybridized carbons (Fsp3) is 0.333. The molecule has 0 spiro atoms. The lowest BCUT2D eigenvalue weighted by molar-refractivity contribution is 0.339. The van der Waals surface area contributed by atoms with Gasteiger partial charge in [0.15, 0.2) is 0 Å². The third-order valence-electron chi connectivity index (χ3n) is 3.54. The van der Waals surface area contributed by atoms with E-state index in [1.807, 2.05) is 38.2 Å². The van der Waals surface area contributed by atoms with E-state index >= 15 is 0 Å². The molecule has 0 saturated carbocycles. The van der Waals surface area contributed by atoms with Gasteiger partial charge in [0.25, 0.3) is 0 Å². The summed E-state index contributed by atoms with van der Waals surface area (Å²) in [5.41, 5.74) is 9.00. The van der Waals surface area contributed by atoms with Gasteiger partial charge in [-0.25, -0.2) is 9.97 Å². The molecule has 1 aromatic heterocycles. The number of nitrogens with two attached hydrogens (primary N) is 1. The van der Waals surface area contributed by atoms with Gasteiger partial charge >= 0.3 is 0 Å². The average Bonchev–Trinajstić information content (AvgIpc) is 2.82. The van der Waals surface area contributed by atoms with E-state index in [0.717, 1.165) is 28.4 Å². The first-order valence-electron chi connectivity index (χ1n) is 6.47. The van der Waals surface area contributed by atoms with E-state index in [2.05, 4.69) is 16.0 Å². The summed E-state index contributed by atoms with van der Waals surface area (Å²) >= 11 is 0. The Morgan fingerprint density at radius 2 is 2.16 bits per heavy atom. The van der Waals surface area contributed by atoms with Gasteiger partial charge in [-0.15, -0.1) is 0 Å². The largest absolute Gasteiger partial charge is 0.492 e. The van der Waals surface area contributed by atoms with Crippen LogP contribution < -0.4 is 10.5 Å². The van der Waals surface area contributed by atoms with Crippen molar-refractivity contribution in [2.75, 3.05) is 6.61 Å². The summed E-state index contributed by atoms with van der Waals surface area (Å²) < 4.78 is 5.68. The molecule has 1 aliphatic rings. The molecule has 19 heavy (non-hydrogen) atoms. The zero-order valence-electron chi connectivity index (χ0n) is 11.1. The van der Waals surface area contributed by atoms with Crippen LogP contribution in [0.2, 0.25) is 0 Å². The standard InChI is InChI=1S/C15H17N3O/c1-9(16)12-7-17-15(18-10(12)2)13-8-19-14-6-4-3-5-11(13)14/h3-7,9,13H,8,16H2,1-2H3. The van der Waals surface area contributed by atoms with Gasteiger partial charge < -0.3 is 10.5 Å². The lowest BCUT2D eigenvalue weighted by atomic mass is 10.00. The van der Waals surface area contributed by atoms with Gasteiger partial charge in [-0.1, -0.05) is 18.2 Å². The second kappa shape index (κ2) is 4.63. The van der Waals surface area contributed by atoms with Crippen LogP contribution in [0, 0.1) is 6.92 Å². The molecule has 0 fully saturated rings. The quantitative estimate of drug-likeness (QED) is 0.894. The molecule has 2 atom stereocenters. The number of benzene rings is 1. The summed E-state index contributed by atoms with van der Waals surface area (Å²) in [4.78, 5) is 9.07. The molecule has 2 heterocycles. The lowest BCUT2D eigenvalue weighted by Gasteiger charge is -2.12. The van der Waals surface area contributed by atoms with E-state index in [0.29, 0.717) is 6.61 Å². The van der Waals surface area contributed by atoms with Crippen LogP contribution in [0.1, 0.15) is 41.5 Å². The Morgan fingerprint density at radius 3 is 2.89 bits per heavy atom. The third kappa shape index (κ3) is 2.08. The highest BCUT2D eigenvalue weighted by Gasteiger charge is 2.27. The molecule has 0 radical (unpaired) electrons. The van der Waals surface area contributed by atoms with E-state index < -0.39 is 0 Å². The average molecular weight is 255 g/mol. The molecule has 0 aliphatic carbocycles. The van der Waals surface area contributed by atoms with Gasteiger partial charge in [0, 0.05) is 29.1 Å². The summed E-state index contributed by atoms with van der Waals surface area (Å²) in [6.45, 7) is 4.53. The highest BCUT2D eigenvalue weighted by Crippen LogP contribution is 2.36. The van der Waals surface area contributed by atoms with Gasteiger partial charge in [-0.05, 0) is 19.9 Å². The summed E-state index contributed by atoms with van der Waals surface area (Å²) in [5.74, 6) is 1.87. The van der Waals surface area contributed by atoms with Crippen LogP contribution in [-0.4, -0.2) is 16.6 Å². The fourth-order valence-corrected chi connectivity index (χ4v) is 2.49. The van der Waals surface area contributed by atoms with Crippen molar-refractivity contribution in [2.24, 2.45) is 5.73 Å². The topological polar surface area (TPSA) is 61.0 Å². The van der Waals surface area contributed by atoms with Crippen LogP contribution in [-0.2, 0) is 0 Å². The van der Waals surface area contributed by atoms with Crippen molar-refractivity contribution in [2.45, 2.75) is 25.8 Å². The van der Waals surface area contributed by atoms with E-state index in [1.54, 1.807) is 0 Å². The minimum absolute atomic E-state index is 0.0406. The molecule has 98 valence electrons. The summed E-state index contributed by atoms with van der Waals surface area (Å²) in [7, 11) is 0. The molecular formula is C15H17N3O. The maximum atomic E-state index is 5.89. The van der Waals surface area contributed by atoms with Gasteiger partial charge in [0.05, 0.1) is 5.92 Å². The number of nitrogens with zero attached hydrogens (tertiary/aromatic N) is 2. The molecule has 2 aromatic rings. The Bertz CT molecular complexity index is 610. The molecule has 4 heteroatoms. The lowest BCUT2D eigenvalue weighted by Crippen LogP contribution is -2.13. The highest BCUT2D eigenvalue weighted by atomic mass is 16.5. The first-order valence-corrected chi connectivity index (χ1v) is 6.47. The van der Waals surface area contributed by atoms with Crippen LogP contribution in [0.5, 0.6) is 5.75 Å². The number of fused-ring (bicyclic) bond motifs is 1. The number of rotatable bonds is 2. The number of para-hydroxylation sites is 1. The van der Waals surface area contributed by atoms with E-state index in [4.69, 9.17) is 10.5 Å². The first kappa shape index (κ1) is 12.1. The van der Waals surface area contributed by atoms with Crippen molar-refractivity contribution in [1.29, 1.82) is 0 Å². The molecule has 1 aliphatic heterocycles. The predicted molar refractivity (Wildman–Crippen MR) is 73.2 cm³/mol. The molecule has 3 rings (SSSR count). The molecular weight excluding hydrogens is 238 g/mol. The minimum Gasteiger partial charge on any atom is -0.492 e. The third-order valence-corrected chi connectivity index (χ3v) is 3.54. The predicted octanol–water partition coefficient (Wildman–Crippen LogP) is 2.33. The summed E-state index contributed by atoms with van der Waals surface area (Å²) in [6.07, 6.45) is 1.84. The van der Waals surface area contributed by atoms with Gasteiger partial charge in [-0.2, -0.15) is 0 Å². The molecule has 2 N–H and O–H groups in total. The second-order valence-corrected chi connectivity index (χ2v) is 4.96. The fourth-order valence-electron chi connectivity index (χ4n) is 2.49. The Hall–Kier alpha value is -1.94. The van der Waals surface area contributed by atoms with E-state index in [1.165, 1.54) is 0 Å². The highest BCUT2D eigenvalue weighted by molar-refractivity contribution is 5.43. The number of ether oxygens (including phenoxy) is 1. The van der Waals surface area contributed by atoms with Crippen LogP contribution >= 0.6 is 0 Å². The van der Waals surface area contributed by atoms with Crippen molar-refractivity contribution in [1.82, 2.24) is 9.97 Å². The molecule has 4 nitrogen and oxygen atoms in total. The van der Waals surface area contributed by atoms with Crippen LogP contribution in [0.25, 0.3) is 0 Å². The molecule has 1 aromatic carbocycles. The first-order chi connectivity index (χ1) is 9.16. The maximum Gasteiger partial charge on any atom is 0.139 e. The zero-order chi connectivity index (χ0) is 13.4. The second-order valence-electron chi connectivity index (χ2n) is 4.96. The van der Waals surface area contributed by atoms with Gasteiger partial charge in [0.2, 0.25) is 0 Å². The Morgan fingerprint density at radius 1 is 1.37 bits per heavy atom. The number of hydrogen-bond donors (Lipinski definition) is 1. The van der Waals surface area contributed by atoms with Crippen LogP contribution in [0.3, 0.4) is 0 Å². The molecule has 0 saturated heterocycles. The van der Waals surface area contributed by atoms with Gasteiger partial charge in [-0.3, -0.25) is 0 Å². The Balaban J connectivity index is 1.99. The Labute approximate surface area is 112 Å². The normalized spacial score (nSPS) is 18.8. The maximum absolute atomic E-state index is 5.89. The molecule has 2 unspecified atom stereocenters. The number of aryl methyl sites for hydroxylation is 1. The van der Waals surface area contributed by atoms with Gasteiger partial charge in [0.1, 0.15) is 18.2 Å². The number of hydrogen-bond acceptors (Lipinski definition) is 4. The minimum atomic E-state index is -0.0406. The van der Waals surface area contributed by atoms with Crippen LogP contribution in [0.15, 0.2) is 30.5 Å². The molecule has 0 bridgehead atoms. The smallest absolute Gasteiger partial charge is 0.139 e. The SMILES string of the molecule is Cc1nc(C2COc3ccccc32)ncc1C(C)N.